The number of ether oxygens (including phenoxy) is 1. The SMILES string of the molecule is COc1ccc([C@H](CNC(=O)c2ccc(N3CCCCC3)c([N+](=O)[O-])c2)N(C)C)cc1. The molecule has 1 fully saturated rings. The van der Waals surface area contributed by atoms with Crippen LogP contribution < -0.4 is 15.0 Å². The van der Waals surface area contributed by atoms with Crippen LogP contribution in [-0.2, 0) is 0 Å². The number of nitro benzene ring substituents is 1. The van der Waals surface area contributed by atoms with Gasteiger partial charge in [-0.1, -0.05) is 12.1 Å². The van der Waals surface area contributed by atoms with Crippen LogP contribution in [0.4, 0.5) is 11.4 Å². The average Bonchev–Trinajstić information content (AvgIpc) is 2.79. The molecule has 1 saturated heterocycles. The fourth-order valence-corrected chi connectivity index (χ4v) is 3.93. The molecule has 8 nitrogen and oxygen atoms in total. The number of amides is 1. The van der Waals surface area contributed by atoms with E-state index >= 15 is 0 Å². The van der Waals surface area contributed by atoms with Gasteiger partial charge in [0.15, 0.2) is 0 Å². The number of methoxy groups -OCH3 is 1. The van der Waals surface area contributed by atoms with E-state index in [1.807, 2.05) is 48.2 Å². The molecule has 0 aromatic heterocycles. The third kappa shape index (κ3) is 5.52. The van der Waals surface area contributed by atoms with E-state index in [9.17, 15) is 14.9 Å². The monoisotopic (exact) mass is 426 g/mol. The molecule has 1 atom stereocenters. The predicted molar refractivity (Wildman–Crippen MR) is 121 cm³/mol. The Bertz CT molecular complexity index is 908. The highest BCUT2D eigenvalue weighted by Gasteiger charge is 2.23. The first-order valence-electron chi connectivity index (χ1n) is 10.5. The van der Waals surface area contributed by atoms with Crippen molar-refractivity contribution in [2.75, 3.05) is 45.7 Å². The number of piperidine rings is 1. The van der Waals surface area contributed by atoms with Crippen molar-refractivity contribution in [3.05, 3.63) is 63.7 Å². The number of anilines is 1. The maximum absolute atomic E-state index is 12.8. The molecule has 166 valence electrons. The highest BCUT2D eigenvalue weighted by atomic mass is 16.6. The molecule has 0 radical (unpaired) electrons. The second-order valence-corrected chi connectivity index (χ2v) is 7.97. The average molecular weight is 427 g/mol. The zero-order valence-corrected chi connectivity index (χ0v) is 18.3. The zero-order valence-electron chi connectivity index (χ0n) is 18.3. The Kier molecular flexibility index (Phi) is 7.46. The quantitative estimate of drug-likeness (QED) is 0.512. The van der Waals surface area contributed by atoms with Crippen LogP contribution in [0.2, 0.25) is 0 Å². The third-order valence-electron chi connectivity index (χ3n) is 5.71. The molecule has 1 amide bonds. The number of nitrogens with zero attached hydrogens (tertiary/aromatic N) is 3. The van der Waals surface area contributed by atoms with Gasteiger partial charge in [-0.3, -0.25) is 14.9 Å². The van der Waals surface area contributed by atoms with E-state index in [2.05, 4.69) is 5.32 Å². The van der Waals surface area contributed by atoms with Crippen molar-refractivity contribution >= 4 is 17.3 Å². The van der Waals surface area contributed by atoms with Gasteiger partial charge in [-0.15, -0.1) is 0 Å². The molecular weight excluding hydrogens is 396 g/mol. The molecule has 31 heavy (non-hydrogen) atoms. The minimum Gasteiger partial charge on any atom is -0.497 e. The smallest absolute Gasteiger partial charge is 0.293 e. The highest BCUT2D eigenvalue weighted by molar-refractivity contribution is 5.95. The summed E-state index contributed by atoms with van der Waals surface area (Å²) >= 11 is 0. The number of likely N-dealkylation sites (N-methyl/N-ethyl adjacent to an activating group) is 1. The minimum absolute atomic E-state index is 0.0196. The Morgan fingerprint density at radius 3 is 2.42 bits per heavy atom. The fraction of sp³-hybridized carbons (Fsp3) is 0.435. The van der Waals surface area contributed by atoms with Crippen molar-refractivity contribution in [1.29, 1.82) is 0 Å². The molecular formula is C23H30N4O4. The van der Waals surface area contributed by atoms with Crippen LogP contribution in [-0.4, -0.2) is 56.6 Å². The van der Waals surface area contributed by atoms with E-state index in [1.165, 1.54) is 6.07 Å². The standard InChI is InChI=1S/C23H30N4O4/c1-25(2)22(17-7-10-19(31-3)11-8-17)16-24-23(28)18-9-12-20(21(15-18)27(29)30)26-13-5-4-6-14-26/h7-12,15,22H,4-6,13-14,16H2,1-3H3,(H,24,28)/t22-/m0/s1. The van der Waals surface area contributed by atoms with Gasteiger partial charge in [-0.2, -0.15) is 0 Å². The number of nitro groups is 1. The number of rotatable bonds is 8. The topological polar surface area (TPSA) is 87.9 Å². The molecule has 0 aliphatic carbocycles. The maximum Gasteiger partial charge on any atom is 0.293 e. The number of carbonyl (C=O) groups excluding carboxylic acids is 1. The summed E-state index contributed by atoms with van der Waals surface area (Å²) in [5.41, 5.74) is 1.90. The first-order chi connectivity index (χ1) is 14.9. The van der Waals surface area contributed by atoms with Gasteiger partial charge in [0.05, 0.1) is 18.1 Å². The normalized spacial score (nSPS) is 14.9. The summed E-state index contributed by atoms with van der Waals surface area (Å²) in [5, 5.41) is 14.6. The van der Waals surface area contributed by atoms with Gasteiger partial charge in [0.1, 0.15) is 11.4 Å². The second-order valence-electron chi connectivity index (χ2n) is 7.97. The maximum atomic E-state index is 12.8. The Morgan fingerprint density at radius 2 is 1.84 bits per heavy atom. The Balaban J connectivity index is 1.73. The summed E-state index contributed by atoms with van der Waals surface area (Å²) in [7, 11) is 5.51. The Hall–Kier alpha value is -3.13. The van der Waals surface area contributed by atoms with E-state index in [0.717, 1.165) is 43.7 Å². The molecule has 3 rings (SSSR count). The van der Waals surface area contributed by atoms with Crippen LogP contribution in [0.3, 0.4) is 0 Å². The van der Waals surface area contributed by atoms with Gasteiger partial charge in [-0.25, -0.2) is 0 Å². The Labute approximate surface area is 182 Å². The summed E-state index contributed by atoms with van der Waals surface area (Å²) in [6, 6.07) is 12.4. The molecule has 0 spiro atoms. The lowest BCUT2D eigenvalue weighted by Crippen LogP contribution is -2.34. The van der Waals surface area contributed by atoms with Crippen LogP contribution >= 0.6 is 0 Å². The molecule has 0 unspecified atom stereocenters. The first-order valence-corrected chi connectivity index (χ1v) is 10.5. The van der Waals surface area contributed by atoms with E-state index in [0.29, 0.717) is 17.8 Å². The van der Waals surface area contributed by atoms with Gasteiger partial charge in [0, 0.05) is 31.3 Å². The van der Waals surface area contributed by atoms with Crippen LogP contribution in [0, 0.1) is 10.1 Å². The second kappa shape index (κ2) is 10.3. The van der Waals surface area contributed by atoms with Crippen LogP contribution in [0.1, 0.15) is 41.2 Å². The lowest BCUT2D eigenvalue weighted by Gasteiger charge is -2.28. The number of benzene rings is 2. The van der Waals surface area contributed by atoms with E-state index in [4.69, 9.17) is 4.74 Å². The molecule has 1 aliphatic rings. The molecule has 0 bridgehead atoms. The van der Waals surface area contributed by atoms with Gasteiger partial charge in [0.25, 0.3) is 11.6 Å². The molecule has 0 saturated carbocycles. The van der Waals surface area contributed by atoms with E-state index < -0.39 is 4.92 Å². The van der Waals surface area contributed by atoms with E-state index in [1.54, 1.807) is 19.2 Å². The number of carbonyl (C=O) groups is 1. The number of hydrogen-bond donors (Lipinski definition) is 1. The highest BCUT2D eigenvalue weighted by Crippen LogP contribution is 2.31. The third-order valence-corrected chi connectivity index (χ3v) is 5.71. The molecule has 2 aromatic rings. The number of hydrogen-bond acceptors (Lipinski definition) is 6. The first kappa shape index (κ1) is 22.6. The summed E-state index contributed by atoms with van der Waals surface area (Å²) in [6.45, 7) is 1.98. The lowest BCUT2D eigenvalue weighted by atomic mass is 10.0. The number of nitrogens with one attached hydrogen (secondary N) is 1. The zero-order chi connectivity index (χ0) is 22.4. The van der Waals surface area contributed by atoms with Crippen molar-refractivity contribution in [3.63, 3.8) is 0 Å². The van der Waals surface area contributed by atoms with Gasteiger partial charge < -0.3 is 19.9 Å². The van der Waals surface area contributed by atoms with Crippen molar-refractivity contribution in [1.82, 2.24) is 10.2 Å². The summed E-state index contributed by atoms with van der Waals surface area (Å²) in [5.74, 6) is 0.444. The van der Waals surface area contributed by atoms with Crippen molar-refractivity contribution < 1.29 is 14.5 Å². The summed E-state index contributed by atoms with van der Waals surface area (Å²) in [4.78, 5) is 28.1. The molecule has 2 aromatic carbocycles. The van der Waals surface area contributed by atoms with Gasteiger partial charge in [-0.05, 0) is 63.2 Å². The largest absolute Gasteiger partial charge is 0.497 e. The van der Waals surface area contributed by atoms with E-state index in [-0.39, 0.29) is 17.6 Å². The predicted octanol–water partition coefficient (Wildman–Crippen LogP) is 3.63. The Morgan fingerprint density at radius 1 is 1.16 bits per heavy atom. The molecule has 8 heteroatoms. The van der Waals surface area contributed by atoms with Crippen LogP contribution in [0.5, 0.6) is 5.75 Å². The summed E-state index contributed by atoms with van der Waals surface area (Å²) < 4.78 is 5.21. The van der Waals surface area contributed by atoms with Crippen molar-refractivity contribution in [2.45, 2.75) is 25.3 Å². The summed E-state index contributed by atoms with van der Waals surface area (Å²) in [6.07, 6.45) is 3.19. The van der Waals surface area contributed by atoms with Gasteiger partial charge in [0.2, 0.25) is 0 Å². The van der Waals surface area contributed by atoms with Crippen molar-refractivity contribution in [3.8, 4) is 5.75 Å². The minimum atomic E-state index is -0.402. The fourth-order valence-electron chi connectivity index (χ4n) is 3.93. The molecule has 1 heterocycles. The van der Waals surface area contributed by atoms with Crippen LogP contribution in [0.25, 0.3) is 0 Å². The lowest BCUT2D eigenvalue weighted by molar-refractivity contribution is -0.384. The van der Waals surface area contributed by atoms with Crippen molar-refractivity contribution in [2.24, 2.45) is 0 Å². The van der Waals surface area contributed by atoms with Crippen LogP contribution in [0.15, 0.2) is 42.5 Å². The van der Waals surface area contributed by atoms with Gasteiger partial charge >= 0.3 is 0 Å². The molecule has 1 N–H and O–H groups in total. The molecule has 1 aliphatic heterocycles.